The van der Waals surface area contributed by atoms with Crippen LogP contribution in [0.15, 0.2) is 115 Å². The molecule has 260 valence electrons. The number of ether oxygens (including phenoxy) is 3. The quantitative estimate of drug-likeness (QED) is 0.155. The van der Waals surface area contributed by atoms with Crippen molar-refractivity contribution in [2.45, 2.75) is 65.1 Å². The van der Waals surface area contributed by atoms with Crippen LogP contribution in [-0.2, 0) is 40.1 Å². The summed E-state index contributed by atoms with van der Waals surface area (Å²) in [6.07, 6.45) is 1.92. The summed E-state index contributed by atoms with van der Waals surface area (Å²) in [5.74, 6) is 2.24. The van der Waals surface area contributed by atoms with Crippen LogP contribution in [0.3, 0.4) is 0 Å². The first-order valence-corrected chi connectivity index (χ1v) is 16.6. The number of benzene rings is 4. The Morgan fingerprint density at radius 2 is 1.25 bits per heavy atom. The average Bonchev–Trinajstić information content (AvgIpc) is 3.71. The Labute approximate surface area is 331 Å². The van der Waals surface area contributed by atoms with Gasteiger partial charge in [0.25, 0.3) is 0 Å². The standard InChI is InChI=1S/C16H15ClO2.2C10H11NO2.C4H9.2Li/c17-16(18)11-8-13-6-9-15(10-7-13)19-12-14-4-2-1-3-5-14;2*12-10-11-9(7-13-10)6-8-4-2-1-3-5-8;1-4(2)3;;/h1-7,9-10H,8,11-12H2;2*1-5,9H,6-7H2,(H,11,12);1-3H3;;/q;;;-1;2*+1/p-1/t;2*9-;;;/m.00.../s1. The molecule has 0 aromatic heterocycles. The van der Waals surface area contributed by atoms with Gasteiger partial charge in [0.05, 0.1) is 12.6 Å². The van der Waals surface area contributed by atoms with Crippen molar-refractivity contribution in [3.63, 3.8) is 0 Å². The minimum atomic E-state index is -0.430. The maximum atomic E-state index is 10.7. The number of nitrogens with zero attached hydrogens (tertiary/aromatic N) is 1. The molecule has 8 nitrogen and oxygen atoms in total. The first-order chi connectivity index (χ1) is 23.7. The van der Waals surface area contributed by atoms with Gasteiger partial charge in [-0.3, -0.25) is 9.59 Å². The molecule has 0 radical (unpaired) electrons. The van der Waals surface area contributed by atoms with Crippen LogP contribution < -0.4 is 47.8 Å². The molecule has 11 heteroatoms. The predicted molar refractivity (Wildman–Crippen MR) is 194 cm³/mol. The number of aryl methyl sites for hydroxylation is 1. The first-order valence-electron chi connectivity index (χ1n) is 16.3. The third kappa shape index (κ3) is 20.7. The maximum Gasteiger partial charge on any atom is 1.00 e. The summed E-state index contributed by atoms with van der Waals surface area (Å²) in [6, 6.07) is 37.9. The van der Waals surface area contributed by atoms with Gasteiger partial charge < -0.3 is 30.8 Å². The molecule has 2 fully saturated rings. The van der Waals surface area contributed by atoms with E-state index in [0.29, 0.717) is 32.7 Å². The van der Waals surface area contributed by atoms with Gasteiger partial charge in [0.2, 0.25) is 11.3 Å². The van der Waals surface area contributed by atoms with Gasteiger partial charge >= 0.3 is 43.8 Å². The molecule has 0 aliphatic carbocycles. The largest absolute Gasteiger partial charge is 1.00 e. The molecule has 2 saturated heterocycles. The molecule has 1 N–H and O–H groups in total. The molecule has 0 unspecified atom stereocenters. The second kappa shape index (κ2) is 26.2. The van der Waals surface area contributed by atoms with Crippen LogP contribution in [0, 0.1) is 5.92 Å². The topological polar surface area (TPSA) is 105 Å². The number of carbonyl (C=O) groups excluding carboxylic acids is 3. The van der Waals surface area contributed by atoms with Gasteiger partial charge in [0.1, 0.15) is 19.0 Å². The molecule has 51 heavy (non-hydrogen) atoms. The third-order valence-electron chi connectivity index (χ3n) is 6.85. The van der Waals surface area contributed by atoms with Crippen molar-refractivity contribution in [3.05, 3.63) is 149 Å². The van der Waals surface area contributed by atoms with Crippen molar-refractivity contribution in [3.8, 4) is 5.75 Å². The summed E-state index contributed by atoms with van der Waals surface area (Å²) in [6.45, 7) is 7.71. The van der Waals surface area contributed by atoms with Crippen molar-refractivity contribution in [2.24, 2.45) is 0 Å². The zero-order valence-electron chi connectivity index (χ0n) is 30.3. The number of carbonyl (C=O) groups is 3. The molecule has 6 rings (SSSR count). The Kier molecular flexibility index (Phi) is 23.3. The first kappa shape index (κ1) is 45.4. The minimum absolute atomic E-state index is 0. The van der Waals surface area contributed by atoms with Gasteiger partial charge in [-0.15, -0.1) is 0 Å². The van der Waals surface area contributed by atoms with Gasteiger partial charge in [-0.1, -0.05) is 109 Å². The Bertz CT molecular complexity index is 1470. The van der Waals surface area contributed by atoms with E-state index >= 15 is 0 Å². The molecular formula is C40H45ClLi2N2O6. The van der Waals surface area contributed by atoms with E-state index in [1.165, 1.54) is 17.0 Å². The average molecular weight is 699 g/mol. The van der Waals surface area contributed by atoms with Gasteiger partial charge in [-0.25, -0.2) is 4.79 Å². The smallest absolute Gasteiger partial charge is 0.612 e. The Morgan fingerprint density at radius 1 is 0.745 bits per heavy atom. The second-order valence-corrected chi connectivity index (χ2v) is 12.4. The summed E-state index contributed by atoms with van der Waals surface area (Å²) in [5.41, 5.74) is 4.63. The van der Waals surface area contributed by atoms with E-state index in [-0.39, 0.29) is 61.1 Å². The molecule has 2 aliphatic rings. The van der Waals surface area contributed by atoms with Gasteiger partial charge in [0, 0.05) is 6.42 Å². The second-order valence-electron chi connectivity index (χ2n) is 12.0. The fourth-order valence-corrected chi connectivity index (χ4v) is 4.65. The van der Waals surface area contributed by atoms with Crippen molar-refractivity contribution < 1.29 is 66.3 Å². The summed E-state index contributed by atoms with van der Waals surface area (Å²) >= 11 is 5.31. The number of hydrogen-bond donors (Lipinski definition) is 1. The number of cyclic esters (lactones) is 2. The fraction of sp³-hybridized carbons (Fsp3) is 0.300. The van der Waals surface area contributed by atoms with Gasteiger partial charge in [-0.05, 0) is 65.2 Å². The maximum absolute atomic E-state index is 10.7. The van der Waals surface area contributed by atoms with Crippen LogP contribution in [-0.4, -0.2) is 42.7 Å². The molecule has 0 spiro atoms. The van der Waals surface area contributed by atoms with E-state index in [0.717, 1.165) is 29.7 Å². The molecule has 4 aromatic carbocycles. The number of nitrogens with one attached hydrogen (secondary N) is 1. The number of amides is 2. The molecular weight excluding hydrogens is 654 g/mol. The van der Waals surface area contributed by atoms with E-state index in [1.807, 2.05) is 115 Å². The molecule has 2 aliphatic heterocycles. The number of halogens is 1. The Morgan fingerprint density at radius 3 is 1.71 bits per heavy atom. The van der Waals surface area contributed by atoms with Crippen LogP contribution in [0.1, 0.15) is 49.4 Å². The van der Waals surface area contributed by atoms with Crippen LogP contribution in [0.5, 0.6) is 5.75 Å². The zero-order chi connectivity index (χ0) is 35.3. The van der Waals surface area contributed by atoms with E-state index in [1.54, 1.807) is 0 Å². The van der Waals surface area contributed by atoms with Crippen LogP contribution >= 0.6 is 11.6 Å². The van der Waals surface area contributed by atoms with Gasteiger partial charge in [0.15, 0.2) is 0 Å². The van der Waals surface area contributed by atoms with Crippen LogP contribution in [0.25, 0.3) is 5.32 Å². The van der Waals surface area contributed by atoms with Crippen LogP contribution in [0.2, 0.25) is 0 Å². The normalized spacial score (nSPS) is 15.2. The molecule has 2 amide bonds. The minimum Gasteiger partial charge on any atom is -0.612 e. The van der Waals surface area contributed by atoms with E-state index in [4.69, 9.17) is 25.8 Å². The Hall–Kier alpha value is -3.63. The van der Waals surface area contributed by atoms with Crippen molar-refractivity contribution in [1.82, 2.24) is 5.32 Å². The Balaban J connectivity index is 0.000000364. The zero-order valence-corrected chi connectivity index (χ0v) is 31.1. The van der Waals surface area contributed by atoms with E-state index in [9.17, 15) is 14.4 Å². The SMILES string of the molecule is C[C-](C)C.O=C(Cl)CCc1ccc(OCc2ccccc2)cc1.O=C1N[C@@H](Cc2ccccc2)CO1.O=C1[N-][C@@H](Cc2ccccc2)CO1.[Li+].[Li+]. The summed E-state index contributed by atoms with van der Waals surface area (Å²) in [4.78, 5) is 32.0. The summed E-state index contributed by atoms with van der Waals surface area (Å²) in [7, 11) is 0. The van der Waals surface area contributed by atoms with E-state index in [2.05, 4.69) is 31.4 Å². The number of alkyl carbamates (subject to hydrolysis) is 1. The predicted octanol–water partition coefficient (Wildman–Crippen LogP) is 3.05. The molecule has 4 aromatic rings. The van der Waals surface area contributed by atoms with Gasteiger partial charge in [-0.2, -0.15) is 20.8 Å². The van der Waals surface area contributed by atoms with Crippen molar-refractivity contribution in [2.75, 3.05) is 13.2 Å². The summed E-state index contributed by atoms with van der Waals surface area (Å²) in [5, 5.41) is 6.26. The summed E-state index contributed by atoms with van der Waals surface area (Å²) < 4.78 is 15.2. The molecule has 0 bridgehead atoms. The van der Waals surface area contributed by atoms with Crippen LogP contribution in [0.4, 0.5) is 9.59 Å². The van der Waals surface area contributed by atoms with E-state index < -0.39 is 6.09 Å². The molecule has 0 saturated carbocycles. The fourth-order valence-electron chi connectivity index (χ4n) is 4.55. The van der Waals surface area contributed by atoms with Crippen molar-refractivity contribution in [1.29, 1.82) is 0 Å². The van der Waals surface area contributed by atoms with Crippen molar-refractivity contribution >= 4 is 29.0 Å². The monoisotopic (exact) mass is 698 g/mol. The number of hydrogen-bond acceptors (Lipinski definition) is 6. The third-order valence-corrected chi connectivity index (χ3v) is 7.03. The number of rotatable bonds is 10. The molecule has 2 heterocycles. The molecule has 2 atom stereocenters.